The third-order valence-corrected chi connectivity index (χ3v) is 2.43. The van der Waals surface area contributed by atoms with Crippen molar-refractivity contribution in [2.75, 3.05) is 27.2 Å². The van der Waals surface area contributed by atoms with Crippen LogP contribution in [0.1, 0.15) is 20.8 Å². The zero-order chi connectivity index (χ0) is 13.0. The molecule has 0 saturated heterocycles. The van der Waals surface area contributed by atoms with E-state index in [2.05, 4.69) is 5.32 Å². The lowest BCUT2D eigenvalue weighted by Crippen LogP contribution is -2.52. The van der Waals surface area contributed by atoms with E-state index in [0.717, 1.165) is 0 Å². The van der Waals surface area contributed by atoms with E-state index in [1.807, 2.05) is 34.9 Å². The number of ether oxygens (including phenoxy) is 1. The predicted octanol–water partition coefficient (Wildman–Crippen LogP) is 0.831. The SMILES string of the molecule is CC(C)(C)OC(=O)NCC[N+](C)(C)C(N)=S. The molecule has 0 spiro atoms. The second-order valence-corrected chi connectivity index (χ2v) is 5.59. The second-order valence-electron chi connectivity index (χ2n) is 5.18. The lowest BCUT2D eigenvalue weighted by molar-refractivity contribution is -0.796. The van der Waals surface area contributed by atoms with Gasteiger partial charge in [-0.3, -0.25) is 4.48 Å². The summed E-state index contributed by atoms with van der Waals surface area (Å²) in [6.07, 6.45) is -0.421. The van der Waals surface area contributed by atoms with Gasteiger partial charge in [-0.2, -0.15) is 0 Å². The van der Waals surface area contributed by atoms with E-state index in [1.165, 1.54) is 0 Å². The molecule has 94 valence electrons. The maximum absolute atomic E-state index is 11.3. The van der Waals surface area contributed by atoms with Crippen LogP contribution in [0.4, 0.5) is 4.79 Å². The molecule has 0 aromatic heterocycles. The number of quaternary nitrogens is 1. The van der Waals surface area contributed by atoms with Crippen LogP contribution < -0.4 is 11.1 Å². The van der Waals surface area contributed by atoms with Crippen molar-refractivity contribution in [1.82, 2.24) is 5.32 Å². The van der Waals surface area contributed by atoms with Gasteiger partial charge in [-0.25, -0.2) is 4.79 Å². The molecule has 0 bridgehead atoms. The van der Waals surface area contributed by atoms with Gasteiger partial charge in [0, 0.05) is 12.2 Å². The van der Waals surface area contributed by atoms with Crippen molar-refractivity contribution in [3.05, 3.63) is 0 Å². The average molecular weight is 248 g/mol. The van der Waals surface area contributed by atoms with E-state index >= 15 is 0 Å². The van der Waals surface area contributed by atoms with E-state index in [0.29, 0.717) is 22.7 Å². The summed E-state index contributed by atoms with van der Waals surface area (Å²) in [5.74, 6) is 0. The molecule has 0 aromatic rings. The first kappa shape index (κ1) is 15.1. The number of nitrogens with one attached hydrogen (secondary N) is 1. The van der Waals surface area contributed by atoms with E-state index < -0.39 is 11.7 Å². The Hall–Kier alpha value is -0.880. The molecule has 0 fully saturated rings. The number of thiocarbonyl (C=S) groups is 1. The molecule has 0 aliphatic carbocycles. The molecular weight excluding hydrogens is 226 g/mol. The number of carbonyl (C=O) groups excluding carboxylic acids is 1. The lowest BCUT2D eigenvalue weighted by Gasteiger charge is -2.27. The number of alkyl carbamates (subject to hydrolysis) is 1. The maximum atomic E-state index is 11.3. The summed E-state index contributed by atoms with van der Waals surface area (Å²) < 4.78 is 5.49. The number of likely N-dealkylation sites (N-methyl/N-ethyl adjacent to an activating group) is 1. The summed E-state index contributed by atoms with van der Waals surface area (Å²) in [7, 11) is 3.78. The number of rotatable bonds is 3. The van der Waals surface area contributed by atoms with Gasteiger partial charge in [0.2, 0.25) is 0 Å². The first-order chi connectivity index (χ1) is 7.04. The first-order valence-corrected chi connectivity index (χ1v) is 5.55. The van der Waals surface area contributed by atoms with E-state index in [1.54, 1.807) is 0 Å². The van der Waals surface area contributed by atoms with E-state index in [-0.39, 0.29) is 0 Å². The fourth-order valence-electron chi connectivity index (χ4n) is 0.862. The van der Waals surface area contributed by atoms with Crippen LogP contribution in [0, 0.1) is 0 Å². The summed E-state index contributed by atoms with van der Waals surface area (Å²) in [5, 5.41) is 3.05. The number of nitrogens with zero attached hydrogens (tertiary/aromatic N) is 1. The molecule has 0 aliphatic heterocycles. The molecule has 0 atom stereocenters. The van der Waals surface area contributed by atoms with Crippen LogP contribution in [0.3, 0.4) is 0 Å². The molecular formula is C10H22N3O2S+. The van der Waals surface area contributed by atoms with Crippen LogP contribution in [-0.4, -0.2) is 48.5 Å². The zero-order valence-electron chi connectivity index (χ0n) is 10.7. The minimum Gasteiger partial charge on any atom is -0.444 e. The monoisotopic (exact) mass is 248 g/mol. The van der Waals surface area contributed by atoms with E-state index in [4.69, 9.17) is 22.7 Å². The fraction of sp³-hybridized carbons (Fsp3) is 0.800. The minimum absolute atomic E-state index is 0.394. The van der Waals surface area contributed by atoms with Crippen molar-refractivity contribution in [3.63, 3.8) is 0 Å². The fourth-order valence-corrected chi connectivity index (χ4v) is 0.953. The highest BCUT2D eigenvalue weighted by Gasteiger charge is 2.20. The number of carbonyl (C=O) groups is 1. The molecule has 0 saturated carbocycles. The van der Waals surface area contributed by atoms with Crippen LogP contribution in [-0.2, 0) is 4.74 Å². The van der Waals surface area contributed by atoms with Crippen LogP contribution in [0.5, 0.6) is 0 Å². The Labute approximate surface area is 103 Å². The molecule has 0 heterocycles. The molecule has 3 N–H and O–H groups in total. The van der Waals surface area contributed by atoms with Gasteiger partial charge in [-0.05, 0) is 20.8 Å². The standard InChI is InChI=1S/C10H21N3O2S/c1-10(2,3)15-9(14)12-6-7-13(4,5)8(11)16/h6-7H2,1-5H3,(H2-,11,12,14,16)/p+1. The summed E-state index contributed by atoms with van der Waals surface area (Å²) >= 11 is 4.90. The molecule has 0 aromatic carbocycles. The highest BCUT2D eigenvalue weighted by Crippen LogP contribution is 2.06. The molecule has 16 heavy (non-hydrogen) atoms. The minimum atomic E-state index is -0.475. The highest BCUT2D eigenvalue weighted by molar-refractivity contribution is 7.79. The third-order valence-electron chi connectivity index (χ3n) is 1.94. The Morgan fingerprint density at radius 3 is 2.31 bits per heavy atom. The topological polar surface area (TPSA) is 64.3 Å². The summed E-state index contributed by atoms with van der Waals surface area (Å²) in [5.41, 5.74) is 5.07. The molecule has 1 amide bonds. The first-order valence-electron chi connectivity index (χ1n) is 5.14. The Morgan fingerprint density at radius 1 is 1.44 bits per heavy atom. The van der Waals surface area contributed by atoms with Crippen LogP contribution in [0.25, 0.3) is 0 Å². The number of hydrogen-bond acceptors (Lipinski definition) is 3. The second kappa shape index (κ2) is 5.45. The Bertz CT molecular complexity index is 272. The van der Waals surface area contributed by atoms with Gasteiger partial charge in [0.1, 0.15) is 12.1 Å². The van der Waals surface area contributed by atoms with E-state index in [9.17, 15) is 4.79 Å². The van der Waals surface area contributed by atoms with Gasteiger partial charge in [-0.1, -0.05) is 0 Å². The Balaban J connectivity index is 3.92. The summed E-state index contributed by atoms with van der Waals surface area (Å²) in [6, 6.07) is 0. The van der Waals surface area contributed by atoms with Crippen molar-refractivity contribution >= 4 is 23.4 Å². The van der Waals surface area contributed by atoms with Crippen LogP contribution in [0.15, 0.2) is 0 Å². The van der Waals surface area contributed by atoms with Crippen molar-refractivity contribution in [3.8, 4) is 0 Å². The Morgan fingerprint density at radius 2 is 1.94 bits per heavy atom. The molecule has 0 radical (unpaired) electrons. The Kier molecular flexibility index (Phi) is 5.15. The summed E-state index contributed by atoms with van der Waals surface area (Å²) in [4.78, 5) is 11.3. The van der Waals surface area contributed by atoms with Gasteiger partial charge in [-0.15, -0.1) is 0 Å². The molecule has 0 aliphatic rings. The van der Waals surface area contributed by atoms with Crippen molar-refractivity contribution in [1.29, 1.82) is 0 Å². The van der Waals surface area contributed by atoms with Crippen molar-refractivity contribution in [2.45, 2.75) is 26.4 Å². The smallest absolute Gasteiger partial charge is 0.407 e. The lowest BCUT2D eigenvalue weighted by atomic mass is 10.2. The number of nitrogens with two attached hydrogens (primary N) is 1. The molecule has 5 nitrogen and oxygen atoms in total. The van der Waals surface area contributed by atoms with Crippen molar-refractivity contribution < 1.29 is 14.0 Å². The third kappa shape index (κ3) is 6.58. The van der Waals surface area contributed by atoms with Gasteiger partial charge in [0.15, 0.2) is 0 Å². The number of amides is 1. The van der Waals surface area contributed by atoms with Crippen molar-refractivity contribution in [2.24, 2.45) is 5.73 Å². The van der Waals surface area contributed by atoms with Gasteiger partial charge in [0.25, 0.3) is 5.11 Å². The number of hydrogen-bond donors (Lipinski definition) is 2. The van der Waals surface area contributed by atoms with Crippen LogP contribution >= 0.6 is 12.2 Å². The van der Waals surface area contributed by atoms with Gasteiger partial charge >= 0.3 is 6.09 Å². The predicted molar refractivity (Wildman–Crippen MR) is 68.0 cm³/mol. The maximum Gasteiger partial charge on any atom is 0.407 e. The summed E-state index contributed by atoms with van der Waals surface area (Å²) in [6.45, 7) is 6.57. The van der Waals surface area contributed by atoms with Crippen LogP contribution in [0.2, 0.25) is 0 Å². The van der Waals surface area contributed by atoms with Gasteiger partial charge in [0.05, 0.1) is 20.6 Å². The highest BCUT2D eigenvalue weighted by atomic mass is 32.1. The largest absolute Gasteiger partial charge is 0.444 e. The van der Waals surface area contributed by atoms with Gasteiger partial charge < -0.3 is 15.8 Å². The molecule has 0 unspecified atom stereocenters. The quantitative estimate of drug-likeness (QED) is 0.573. The zero-order valence-corrected chi connectivity index (χ0v) is 11.5. The molecule has 0 rings (SSSR count). The molecule has 6 heteroatoms. The average Bonchev–Trinajstić information content (AvgIpc) is 1.99. The normalized spacial score (nSPS) is 12.1.